The maximum atomic E-state index is 11.9. The van der Waals surface area contributed by atoms with Gasteiger partial charge >= 0.3 is 6.09 Å². The van der Waals surface area contributed by atoms with Gasteiger partial charge in [-0.1, -0.05) is 0 Å². The van der Waals surface area contributed by atoms with Crippen LogP contribution in [0.3, 0.4) is 0 Å². The van der Waals surface area contributed by atoms with Gasteiger partial charge in [0.1, 0.15) is 5.60 Å². The number of hydrogen-bond donors (Lipinski definition) is 1. The van der Waals surface area contributed by atoms with E-state index in [9.17, 15) is 4.79 Å². The molecule has 0 bridgehead atoms. The van der Waals surface area contributed by atoms with E-state index in [2.05, 4.69) is 18.5 Å². The van der Waals surface area contributed by atoms with Crippen molar-refractivity contribution in [3.8, 4) is 0 Å². The fourth-order valence-corrected chi connectivity index (χ4v) is 2.69. The van der Waals surface area contributed by atoms with E-state index >= 15 is 0 Å². The third-order valence-electron chi connectivity index (χ3n) is 2.78. The first-order valence-corrected chi connectivity index (χ1v) is 7.94. The van der Waals surface area contributed by atoms with Gasteiger partial charge in [0.15, 0.2) is 0 Å². The maximum absolute atomic E-state index is 11.9. The highest BCUT2D eigenvalue weighted by atomic mass is 32.2. The summed E-state index contributed by atoms with van der Waals surface area (Å²) < 4.78 is 5.38. The van der Waals surface area contributed by atoms with Gasteiger partial charge in [-0.25, -0.2) is 4.79 Å². The number of nitrogens with one attached hydrogen (secondary N) is 1. The van der Waals surface area contributed by atoms with E-state index in [1.807, 2.05) is 32.5 Å². The van der Waals surface area contributed by atoms with E-state index in [-0.39, 0.29) is 6.09 Å². The molecule has 1 N–H and O–H groups in total. The van der Waals surface area contributed by atoms with Gasteiger partial charge in [-0.2, -0.15) is 11.8 Å². The Kier molecular flexibility index (Phi) is 5.79. The highest BCUT2D eigenvalue weighted by Crippen LogP contribution is 2.15. The van der Waals surface area contributed by atoms with Crippen LogP contribution in [0.4, 0.5) is 4.79 Å². The summed E-state index contributed by atoms with van der Waals surface area (Å²) >= 11 is 1.84. The molecule has 0 unspecified atom stereocenters. The van der Waals surface area contributed by atoms with Gasteiger partial charge in [-0.15, -0.1) is 0 Å². The molecule has 0 saturated carbocycles. The molecule has 1 aliphatic heterocycles. The zero-order chi connectivity index (χ0) is 13.8. The monoisotopic (exact) mass is 274 g/mol. The summed E-state index contributed by atoms with van der Waals surface area (Å²) in [5, 5.41) is 3.56. The van der Waals surface area contributed by atoms with Crippen LogP contribution >= 0.6 is 11.8 Å². The molecule has 1 amide bonds. The minimum absolute atomic E-state index is 0.190. The molecule has 5 heteroatoms. The Hall–Kier alpha value is -0.420. The third kappa shape index (κ3) is 5.48. The van der Waals surface area contributed by atoms with Crippen LogP contribution in [0.5, 0.6) is 0 Å². The molecule has 1 heterocycles. The van der Waals surface area contributed by atoms with Crippen molar-refractivity contribution >= 4 is 17.9 Å². The van der Waals surface area contributed by atoms with Gasteiger partial charge in [0, 0.05) is 30.9 Å². The van der Waals surface area contributed by atoms with E-state index in [1.54, 1.807) is 4.90 Å². The standard InChI is InChI=1S/C13H26N2O2S/c1-10(9-18-5)14-11-6-7-15(8-11)12(16)17-13(2,3)4/h10-11,14H,6-9H2,1-5H3/t10-,11-/m0/s1. The highest BCUT2D eigenvalue weighted by Gasteiger charge is 2.29. The number of carbonyl (C=O) groups excluding carboxylic acids is 1. The van der Waals surface area contributed by atoms with Gasteiger partial charge < -0.3 is 15.0 Å². The predicted octanol–water partition coefficient (Wildman–Crippen LogP) is 2.34. The average Bonchev–Trinajstić information content (AvgIpc) is 2.63. The van der Waals surface area contributed by atoms with E-state index < -0.39 is 5.60 Å². The third-order valence-corrected chi connectivity index (χ3v) is 3.61. The summed E-state index contributed by atoms with van der Waals surface area (Å²) in [5.41, 5.74) is -0.408. The molecule has 0 aromatic carbocycles. The molecule has 1 aliphatic rings. The maximum Gasteiger partial charge on any atom is 0.410 e. The smallest absolute Gasteiger partial charge is 0.410 e. The summed E-state index contributed by atoms with van der Waals surface area (Å²) in [6, 6.07) is 0.892. The lowest BCUT2D eigenvalue weighted by atomic mass is 10.2. The average molecular weight is 274 g/mol. The van der Waals surface area contributed by atoms with Crippen LogP contribution in [0.25, 0.3) is 0 Å². The van der Waals surface area contributed by atoms with E-state index in [0.29, 0.717) is 12.1 Å². The van der Waals surface area contributed by atoms with Crippen molar-refractivity contribution in [2.24, 2.45) is 0 Å². The number of ether oxygens (including phenoxy) is 1. The number of thioether (sulfide) groups is 1. The molecular formula is C13H26N2O2S. The quantitative estimate of drug-likeness (QED) is 0.854. The van der Waals surface area contributed by atoms with Crippen molar-refractivity contribution in [2.45, 2.75) is 51.8 Å². The van der Waals surface area contributed by atoms with Crippen LogP contribution < -0.4 is 5.32 Å². The Bertz CT molecular complexity index is 279. The number of hydrogen-bond acceptors (Lipinski definition) is 4. The summed E-state index contributed by atoms with van der Waals surface area (Å²) in [6.45, 7) is 9.44. The molecule has 106 valence electrons. The topological polar surface area (TPSA) is 41.6 Å². The molecule has 0 aromatic rings. The summed E-state index contributed by atoms with van der Waals surface area (Å²) in [5.74, 6) is 1.10. The number of likely N-dealkylation sites (tertiary alicyclic amines) is 1. The molecule has 0 aliphatic carbocycles. The van der Waals surface area contributed by atoms with Crippen molar-refractivity contribution < 1.29 is 9.53 Å². The number of rotatable bonds is 4. The molecule has 1 saturated heterocycles. The second-order valence-corrected chi connectivity index (χ2v) is 6.85. The van der Waals surface area contributed by atoms with Crippen LogP contribution in [0.15, 0.2) is 0 Å². The van der Waals surface area contributed by atoms with Crippen LogP contribution in [-0.2, 0) is 4.74 Å². The number of carbonyl (C=O) groups is 1. The van der Waals surface area contributed by atoms with Crippen molar-refractivity contribution in [1.29, 1.82) is 0 Å². The zero-order valence-corrected chi connectivity index (χ0v) is 13.0. The predicted molar refractivity (Wildman–Crippen MR) is 77.2 cm³/mol. The fourth-order valence-electron chi connectivity index (χ4n) is 2.09. The first-order valence-electron chi connectivity index (χ1n) is 6.54. The molecule has 1 fully saturated rings. The normalized spacial score (nSPS) is 22.1. The fraction of sp³-hybridized carbons (Fsp3) is 0.923. The Balaban J connectivity index is 2.34. The molecule has 1 rings (SSSR count). The lowest BCUT2D eigenvalue weighted by Crippen LogP contribution is -2.41. The molecule has 0 radical (unpaired) electrons. The Morgan fingerprint density at radius 2 is 2.22 bits per heavy atom. The molecule has 0 aromatic heterocycles. The second kappa shape index (κ2) is 6.66. The minimum Gasteiger partial charge on any atom is -0.444 e. The minimum atomic E-state index is -0.408. The SMILES string of the molecule is CSC[C@H](C)N[C@H]1CCN(C(=O)OC(C)(C)C)C1. The Morgan fingerprint density at radius 3 is 2.78 bits per heavy atom. The van der Waals surface area contributed by atoms with Crippen molar-refractivity contribution in [2.75, 3.05) is 25.1 Å². The molecule has 4 nitrogen and oxygen atoms in total. The zero-order valence-electron chi connectivity index (χ0n) is 12.2. The lowest BCUT2D eigenvalue weighted by molar-refractivity contribution is 0.0290. The molecular weight excluding hydrogens is 248 g/mol. The molecule has 2 atom stereocenters. The Morgan fingerprint density at radius 1 is 1.56 bits per heavy atom. The second-order valence-electron chi connectivity index (χ2n) is 5.94. The van der Waals surface area contributed by atoms with Crippen molar-refractivity contribution in [3.05, 3.63) is 0 Å². The van der Waals surface area contributed by atoms with Gasteiger partial charge in [0.2, 0.25) is 0 Å². The summed E-state index contributed by atoms with van der Waals surface area (Å²) in [6.07, 6.45) is 2.93. The van der Waals surface area contributed by atoms with Gasteiger partial charge in [-0.05, 0) is 40.4 Å². The van der Waals surface area contributed by atoms with Crippen LogP contribution in [-0.4, -0.2) is 53.8 Å². The van der Waals surface area contributed by atoms with Crippen LogP contribution in [0, 0.1) is 0 Å². The first-order chi connectivity index (χ1) is 8.31. The van der Waals surface area contributed by atoms with E-state index in [0.717, 1.165) is 25.3 Å². The first kappa shape index (κ1) is 15.6. The highest BCUT2D eigenvalue weighted by molar-refractivity contribution is 7.98. The molecule has 18 heavy (non-hydrogen) atoms. The summed E-state index contributed by atoms with van der Waals surface area (Å²) in [4.78, 5) is 13.7. The van der Waals surface area contributed by atoms with E-state index in [1.165, 1.54) is 0 Å². The summed E-state index contributed by atoms with van der Waals surface area (Å²) in [7, 11) is 0. The van der Waals surface area contributed by atoms with Crippen molar-refractivity contribution in [1.82, 2.24) is 10.2 Å². The van der Waals surface area contributed by atoms with Gasteiger partial charge in [0.25, 0.3) is 0 Å². The largest absolute Gasteiger partial charge is 0.444 e. The van der Waals surface area contributed by atoms with Gasteiger partial charge in [0.05, 0.1) is 0 Å². The van der Waals surface area contributed by atoms with Crippen molar-refractivity contribution in [3.63, 3.8) is 0 Å². The van der Waals surface area contributed by atoms with Crippen LogP contribution in [0.2, 0.25) is 0 Å². The molecule has 0 spiro atoms. The van der Waals surface area contributed by atoms with Gasteiger partial charge in [-0.3, -0.25) is 0 Å². The lowest BCUT2D eigenvalue weighted by Gasteiger charge is -2.25. The number of nitrogens with zero attached hydrogens (tertiary/aromatic N) is 1. The Labute approximate surface area is 115 Å². The van der Waals surface area contributed by atoms with Crippen LogP contribution in [0.1, 0.15) is 34.1 Å². The number of amides is 1. The van der Waals surface area contributed by atoms with E-state index in [4.69, 9.17) is 4.74 Å².